The van der Waals surface area contributed by atoms with Crippen molar-refractivity contribution in [2.75, 3.05) is 6.61 Å². The van der Waals surface area contributed by atoms with Gasteiger partial charge in [0, 0.05) is 11.1 Å². The van der Waals surface area contributed by atoms with Crippen LogP contribution < -0.4 is 4.74 Å². The van der Waals surface area contributed by atoms with Crippen molar-refractivity contribution >= 4 is 29.2 Å². The van der Waals surface area contributed by atoms with Gasteiger partial charge in [-0.3, -0.25) is 0 Å². The molecule has 0 atom stereocenters. The molecule has 0 aromatic heterocycles. The first-order chi connectivity index (χ1) is 6.50. The summed E-state index contributed by atoms with van der Waals surface area (Å²) in [6.07, 6.45) is 0. The summed E-state index contributed by atoms with van der Waals surface area (Å²) in [4.78, 5) is 10.2. The lowest BCUT2D eigenvalue weighted by atomic mass is 10.3. The molecule has 0 spiro atoms. The monoisotopic (exact) mass is 236 g/mol. The van der Waals surface area contributed by atoms with Gasteiger partial charge in [-0.1, -0.05) is 23.2 Å². The molecule has 76 valence electrons. The zero-order chi connectivity index (χ0) is 10.7. The average Bonchev–Trinajstić information content (AvgIpc) is 2.08. The summed E-state index contributed by atoms with van der Waals surface area (Å²) in [6, 6.07) is 2.61. The third kappa shape index (κ3) is 2.68. The molecule has 4 nitrogen and oxygen atoms in total. The number of phenolic OH excluding ortho intramolecular Hbond substituents is 1. The molecule has 0 aliphatic carbocycles. The van der Waals surface area contributed by atoms with Crippen molar-refractivity contribution in [3.05, 3.63) is 22.2 Å². The van der Waals surface area contributed by atoms with Crippen molar-refractivity contribution in [1.82, 2.24) is 0 Å². The molecule has 0 unspecified atom stereocenters. The van der Waals surface area contributed by atoms with Gasteiger partial charge in [-0.15, -0.1) is 0 Å². The number of benzene rings is 1. The van der Waals surface area contributed by atoms with E-state index in [9.17, 15) is 9.90 Å². The third-order valence-electron chi connectivity index (χ3n) is 1.34. The third-order valence-corrected chi connectivity index (χ3v) is 1.85. The van der Waals surface area contributed by atoms with Crippen LogP contribution in [0, 0.1) is 0 Å². The number of carboxylic acid groups (broad SMARTS) is 1. The number of ether oxygens (including phenoxy) is 1. The van der Waals surface area contributed by atoms with Crippen LogP contribution in [0.2, 0.25) is 10.0 Å². The Hall–Kier alpha value is -1.13. The molecule has 14 heavy (non-hydrogen) atoms. The van der Waals surface area contributed by atoms with Crippen LogP contribution in [0.15, 0.2) is 12.1 Å². The Morgan fingerprint density at radius 2 is 2.07 bits per heavy atom. The number of hydrogen-bond donors (Lipinski definition) is 2. The predicted molar refractivity (Wildman–Crippen MR) is 51.3 cm³/mol. The maximum Gasteiger partial charge on any atom is 0.341 e. The van der Waals surface area contributed by atoms with Gasteiger partial charge in [0.15, 0.2) is 18.1 Å². The van der Waals surface area contributed by atoms with Gasteiger partial charge in [-0.25, -0.2) is 4.79 Å². The van der Waals surface area contributed by atoms with Crippen LogP contribution in [0.5, 0.6) is 11.5 Å². The molecular formula is C8H6Cl2O4. The van der Waals surface area contributed by atoms with Crippen molar-refractivity contribution in [1.29, 1.82) is 0 Å². The molecule has 1 aromatic carbocycles. The van der Waals surface area contributed by atoms with Crippen molar-refractivity contribution in [3.63, 3.8) is 0 Å². The van der Waals surface area contributed by atoms with Crippen LogP contribution in [0.25, 0.3) is 0 Å². The Bertz CT molecular complexity index is 365. The van der Waals surface area contributed by atoms with E-state index in [-0.39, 0.29) is 21.5 Å². The minimum absolute atomic E-state index is 0.0119. The molecular weight excluding hydrogens is 231 g/mol. The second-order valence-corrected chi connectivity index (χ2v) is 3.26. The number of halogens is 2. The Morgan fingerprint density at radius 1 is 1.43 bits per heavy atom. The van der Waals surface area contributed by atoms with Crippen LogP contribution in [0.3, 0.4) is 0 Å². The molecule has 0 heterocycles. The minimum atomic E-state index is -1.15. The Morgan fingerprint density at radius 3 is 2.64 bits per heavy atom. The fourth-order valence-electron chi connectivity index (χ4n) is 0.792. The van der Waals surface area contributed by atoms with Crippen LogP contribution in [0.4, 0.5) is 0 Å². The summed E-state index contributed by atoms with van der Waals surface area (Å²) >= 11 is 11.2. The molecule has 0 fully saturated rings. The maximum atomic E-state index is 10.2. The molecule has 0 bridgehead atoms. The van der Waals surface area contributed by atoms with E-state index in [0.29, 0.717) is 0 Å². The van der Waals surface area contributed by atoms with Crippen LogP contribution in [0.1, 0.15) is 0 Å². The molecule has 0 saturated carbocycles. The highest BCUT2D eigenvalue weighted by Gasteiger charge is 2.10. The quantitative estimate of drug-likeness (QED) is 0.845. The SMILES string of the molecule is O=C(O)COc1cc(Cl)cc(Cl)c1O. The summed E-state index contributed by atoms with van der Waals surface area (Å²) in [5, 5.41) is 17.9. The van der Waals surface area contributed by atoms with E-state index in [0.717, 1.165) is 0 Å². The summed E-state index contributed by atoms with van der Waals surface area (Å²) in [6.45, 7) is -0.565. The van der Waals surface area contributed by atoms with E-state index in [4.69, 9.17) is 33.0 Å². The van der Waals surface area contributed by atoms with E-state index in [1.807, 2.05) is 0 Å². The number of phenols is 1. The Labute approximate surface area is 89.6 Å². The first kappa shape index (κ1) is 10.9. The predicted octanol–water partition coefficient (Wildman–Crippen LogP) is 2.16. The van der Waals surface area contributed by atoms with Crippen LogP contribution >= 0.6 is 23.2 Å². The van der Waals surface area contributed by atoms with Gasteiger partial charge in [0.1, 0.15) is 0 Å². The topological polar surface area (TPSA) is 66.8 Å². The Balaban J connectivity index is 2.90. The zero-order valence-electron chi connectivity index (χ0n) is 6.83. The van der Waals surface area contributed by atoms with E-state index >= 15 is 0 Å². The van der Waals surface area contributed by atoms with Gasteiger partial charge in [-0.2, -0.15) is 0 Å². The minimum Gasteiger partial charge on any atom is -0.503 e. The van der Waals surface area contributed by atoms with E-state index < -0.39 is 12.6 Å². The van der Waals surface area contributed by atoms with Gasteiger partial charge in [0.25, 0.3) is 0 Å². The summed E-state index contributed by atoms with van der Waals surface area (Å²) in [7, 11) is 0. The molecule has 2 N–H and O–H groups in total. The first-order valence-electron chi connectivity index (χ1n) is 3.53. The van der Waals surface area contributed by atoms with Gasteiger partial charge in [-0.05, 0) is 6.07 Å². The number of aliphatic carboxylic acids is 1. The average molecular weight is 237 g/mol. The molecule has 6 heteroatoms. The summed E-state index contributed by atoms with van der Waals surface area (Å²) in [5.41, 5.74) is 0. The van der Waals surface area contributed by atoms with Crippen molar-refractivity contribution < 1.29 is 19.7 Å². The van der Waals surface area contributed by atoms with Gasteiger partial charge in [0.05, 0.1) is 5.02 Å². The lowest BCUT2D eigenvalue weighted by Crippen LogP contribution is -2.09. The van der Waals surface area contributed by atoms with E-state index in [1.165, 1.54) is 12.1 Å². The van der Waals surface area contributed by atoms with Gasteiger partial charge < -0.3 is 14.9 Å². The van der Waals surface area contributed by atoms with E-state index in [1.54, 1.807) is 0 Å². The van der Waals surface area contributed by atoms with Crippen molar-refractivity contribution in [2.45, 2.75) is 0 Å². The summed E-state index contributed by atoms with van der Waals surface area (Å²) in [5.74, 6) is -1.53. The molecule has 0 radical (unpaired) electrons. The zero-order valence-corrected chi connectivity index (χ0v) is 8.34. The first-order valence-corrected chi connectivity index (χ1v) is 4.29. The fraction of sp³-hybridized carbons (Fsp3) is 0.125. The van der Waals surface area contributed by atoms with Crippen LogP contribution in [-0.2, 0) is 4.79 Å². The molecule has 0 aliphatic heterocycles. The fourth-order valence-corrected chi connectivity index (χ4v) is 1.27. The normalized spacial score (nSPS) is 9.86. The lowest BCUT2D eigenvalue weighted by Gasteiger charge is -2.07. The molecule has 0 amide bonds. The number of carboxylic acids is 1. The second-order valence-electron chi connectivity index (χ2n) is 2.42. The number of aromatic hydroxyl groups is 1. The highest BCUT2D eigenvalue weighted by atomic mass is 35.5. The highest BCUT2D eigenvalue weighted by molar-refractivity contribution is 6.35. The summed E-state index contributed by atoms with van der Waals surface area (Å²) < 4.78 is 4.74. The van der Waals surface area contributed by atoms with Gasteiger partial charge in [0.2, 0.25) is 0 Å². The maximum absolute atomic E-state index is 10.2. The molecule has 0 saturated heterocycles. The number of rotatable bonds is 3. The second kappa shape index (κ2) is 4.39. The van der Waals surface area contributed by atoms with Crippen molar-refractivity contribution in [2.24, 2.45) is 0 Å². The largest absolute Gasteiger partial charge is 0.503 e. The van der Waals surface area contributed by atoms with E-state index in [2.05, 4.69) is 0 Å². The van der Waals surface area contributed by atoms with Gasteiger partial charge >= 0.3 is 5.97 Å². The standard InChI is InChI=1S/C8H6Cl2O4/c9-4-1-5(10)8(13)6(2-4)14-3-7(11)12/h1-2,13H,3H2,(H,11,12). The molecule has 1 rings (SSSR count). The van der Waals surface area contributed by atoms with Crippen molar-refractivity contribution in [3.8, 4) is 11.5 Å². The number of carbonyl (C=O) groups is 1. The van der Waals surface area contributed by atoms with Crippen LogP contribution in [-0.4, -0.2) is 22.8 Å². The lowest BCUT2D eigenvalue weighted by molar-refractivity contribution is -0.139. The number of hydrogen-bond acceptors (Lipinski definition) is 3. The highest BCUT2D eigenvalue weighted by Crippen LogP contribution is 2.36. The molecule has 0 aliphatic rings. The molecule has 1 aromatic rings. The smallest absolute Gasteiger partial charge is 0.341 e. The Kier molecular flexibility index (Phi) is 3.43.